The first-order valence-electron chi connectivity index (χ1n) is 4.97. The molecular formula is C11H8F6O2. The van der Waals surface area contributed by atoms with Crippen LogP contribution >= 0.6 is 0 Å². The second kappa shape index (κ2) is 5.10. The van der Waals surface area contributed by atoms with Crippen LogP contribution in [0.15, 0.2) is 24.3 Å². The van der Waals surface area contributed by atoms with E-state index in [1.165, 1.54) is 12.1 Å². The van der Waals surface area contributed by atoms with E-state index in [0.29, 0.717) is 0 Å². The summed E-state index contributed by atoms with van der Waals surface area (Å²) in [5.74, 6) is -9.28. The molecule has 0 aliphatic carbocycles. The fourth-order valence-corrected chi connectivity index (χ4v) is 1.22. The van der Waals surface area contributed by atoms with Crippen LogP contribution in [0.1, 0.15) is 18.6 Å². The number of rotatable bonds is 3. The summed E-state index contributed by atoms with van der Waals surface area (Å²) in [6.07, 6.45) is -7.62. The Kier molecular flexibility index (Phi) is 4.12. The molecule has 0 saturated heterocycles. The fraction of sp³-hybridized carbons (Fsp3) is 0.364. The lowest BCUT2D eigenvalue weighted by Gasteiger charge is -2.21. The smallest absolute Gasteiger partial charge is 0.453 e. The molecule has 0 heterocycles. The van der Waals surface area contributed by atoms with E-state index in [-0.39, 0.29) is 5.56 Å². The average molecular weight is 286 g/mol. The lowest BCUT2D eigenvalue weighted by molar-refractivity contribution is -0.282. The fourth-order valence-electron chi connectivity index (χ4n) is 1.22. The minimum absolute atomic E-state index is 0.297. The van der Waals surface area contributed by atoms with Crippen molar-refractivity contribution in [2.24, 2.45) is 0 Å². The molecule has 0 radical (unpaired) electrons. The number of carbonyl (C=O) groups excluding carboxylic acids is 1. The van der Waals surface area contributed by atoms with E-state index in [2.05, 4.69) is 4.74 Å². The van der Waals surface area contributed by atoms with Crippen LogP contribution in [0.4, 0.5) is 26.3 Å². The number of ether oxygens (including phenoxy) is 1. The van der Waals surface area contributed by atoms with Gasteiger partial charge in [-0.15, -0.1) is 0 Å². The predicted octanol–water partition coefficient (Wildman–Crippen LogP) is 3.63. The third-order valence-electron chi connectivity index (χ3n) is 2.24. The van der Waals surface area contributed by atoms with Gasteiger partial charge in [-0.3, -0.25) is 0 Å². The molecule has 1 aromatic rings. The van der Waals surface area contributed by atoms with Crippen LogP contribution in [0.3, 0.4) is 0 Å². The number of esters is 1. The van der Waals surface area contributed by atoms with Crippen LogP contribution in [-0.4, -0.2) is 18.1 Å². The Morgan fingerprint density at radius 1 is 1.16 bits per heavy atom. The van der Waals surface area contributed by atoms with Crippen LogP contribution in [0.5, 0.6) is 0 Å². The van der Waals surface area contributed by atoms with Crippen molar-refractivity contribution in [2.45, 2.75) is 25.1 Å². The first kappa shape index (κ1) is 15.3. The Morgan fingerprint density at radius 3 is 2.16 bits per heavy atom. The number of hydrogen-bond donors (Lipinski definition) is 0. The zero-order valence-electron chi connectivity index (χ0n) is 9.47. The van der Waals surface area contributed by atoms with Crippen molar-refractivity contribution in [1.82, 2.24) is 0 Å². The van der Waals surface area contributed by atoms with E-state index >= 15 is 0 Å². The van der Waals surface area contributed by atoms with Gasteiger partial charge in [0.15, 0.2) is 0 Å². The van der Waals surface area contributed by atoms with Crippen molar-refractivity contribution in [3.63, 3.8) is 0 Å². The minimum atomic E-state index is -6.06. The highest BCUT2D eigenvalue weighted by molar-refractivity contribution is 5.78. The van der Waals surface area contributed by atoms with Gasteiger partial charge in [0.25, 0.3) is 0 Å². The van der Waals surface area contributed by atoms with Crippen LogP contribution in [-0.2, 0) is 9.53 Å². The molecule has 0 aliphatic rings. The molecule has 8 heteroatoms. The molecule has 0 bridgehead atoms. The molecular weight excluding hydrogens is 278 g/mol. The molecule has 1 aromatic carbocycles. The maximum atomic E-state index is 13.2. The third-order valence-corrected chi connectivity index (χ3v) is 2.24. The van der Waals surface area contributed by atoms with Gasteiger partial charge < -0.3 is 4.74 Å². The molecule has 0 spiro atoms. The summed E-state index contributed by atoms with van der Waals surface area (Å²) in [5.41, 5.74) is -0.297. The molecule has 0 amide bonds. The molecule has 0 aromatic heterocycles. The number of alkyl halides is 5. The van der Waals surface area contributed by atoms with Crippen LogP contribution in [0.25, 0.3) is 0 Å². The molecule has 0 N–H and O–H groups in total. The van der Waals surface area contributed by atoms with Gasteiger partial charge in [-0.25, -0.2) is 9.18 Å². The van der Waals surface area contributed by atoms with Gasteiger partial charge in [0.05, 0.1) is 0 Å². The zero-order chi connectivity index (χ0) is 14.8. The van der Waals surface area contributed by atoms with Gasteiger partial charge in [0, 0.05) is 5.56 Å². The van der Waals surface area contributed by atoms with E-state index in [0.717, 1.165) is 19.1 Å². The standard InChI is InChI=1S/C11H8F6O2/c1-6(7-4-2-3-5-8(7)12)19-9(18)10(13,14)11(15,16)17/h2-6H,1H3. The van der Waals surface area contributed by atoms with Crippen molar-refractivity contribution >= 4 is 5.97 Å². The second-order valence-electron chi connectivity index (χ2n) is 3.64. The maximum absolute atomic E-state index is 13.2. The van der Waals surface area contributed by atoms with Crippen molar-refractivity contribution < 1.29 is 35.9 Å². The molecule has 0 saturated carbocycles. The Labute approximate surface area is 104 Å². The SMILES string of the molecule is CC(OC(=O)C(F)(F)C(F)(F)F)c1ccccc1F. The molecule has 106 valence electrons. The zero-order valence-corrected chi connectivity index (χ0v) is 9.47. The summed E-state index contributed by atoms with van der Waals surface area (Å²) in [7, 11) is 0. The highest BCUT2D eigenvalue weighted by Gasteiger charge is 2.65. The van der Waals surface area contributed by atoms with E-state index in [4.69, 9.17) is 0 Å². The van der Waals surface area contributed by atoms with Gasteiger partial charge in [-0.05, 0) is 13.0 Å². The normalized spacial score (nSPS) is 14.1. The second-order valence-corrected chi connectivity index (χ2v) is 3.64. The van der Waals surface area contributed by atoms with E-state index in [1.54, 1.807) is 0 Å². The van der Waals surface area contributed by atoms with Crippen molar-refractivity contribution in [1.29, 1.82) is 0 Å². The van der Waals surface area contributed by atoms with Gasteiger partial charge in [0.2, 0.25) is 0 Å². The van der Waals surface area contributed by atoms with E-state index < -0.39 is 30.0 Å². The van der Waals surface area contributed by atoms with Gasteiger partial charge in [0.1, 0.15) is 11.9 Å². The summed E-state index contributed by atoms with van der Waals surface area (Å²) < 4.78 is 78.1. The summed E-state index contributed by atoms with van der Waals surface area (Å²) in [6.45, 7) is 0.989. The molecule has 1 rings (SSSR count). The molecule has 2 nitrogen and oxygen atoms in total. The van der Waals surface area contributed by atoms with E-state index in [1.807, 2.05) is 0 Å². The number of carbonyl (C=O) groups is 1. The number of benzene rings is 1. The molecule has 1 atom stereocenters. The predicted molar refractivity (Wildman–Crippen MR) is 51.9 cm³/mol. The van der Waals surface area contributed by atoms with Crippen molar-refractivity contribution in [2.75, 3.05) is 0 Å². The summed E-state index contributed by atoms with van der Waals surface area (Å²) in [5, 5.41) is 0. The summed E-state index contributed by atoms with van der Waals surface area (Å²) in [4.78, 5) is 10.8. The van der Waals surface area contributed by atoms with E-state index in [9.17, 15) is 31.1 Å². The molecule has 0 fully saturated rings. The number of hydrogen-bond acceptors (Lipinski definition) is 2. The van der Waals surface area contributed by atoms with Crippen LogP contribution in [0, 0.1) is 5.82 Å². The average Bonchev–Trinajstić information content (AvgIpc) is 2.27. The van der Waals surface area contributed by atoms with Crippen molar-refractivity contribution in [3.05, 3.63) is 35.6 Å². The highest BCUT2D eigenvalue weighted by atomic mass is 19.4. The molecule has 19 heavy (non-hydrogen) atoms. The molecule has 0 aliphatic heterocycles. The van der Waals surface area contributed by atoms with Crippen LogP contribution < -0.4 is 0 Å². The first-order chi connectivity index (χ1) is 8.57. The van der Waals surface area contributed by atoms with Gasteiger partial charge >= 0.3 is 18.1 Å². The highest BCUT2D eigenvalue weighted by Crippen LogP contribution is 2.37. The molecule has 1 unspecified atom stereocenters. The largest absolute Gasteiger partial charge is 0.465 e. The third kappa shape index (κ3) is 3.18. The Hall–Kier alpha value is -1.73. The topological polar surface area (TPSA) is 26.3 Å². The van der Waals surface area contributed by atoms with Gasteiger partial charge in [-0.2, -0.15) is 22.0 Å². The lowest BCUT2D eigenvalue weighted by Crippen LogP contribution is -2.45. The van der Waals surface area contributed by atoms with Crippen molar-refractivity contribution in [3.8, 4) is 0 Å². The summed E-state index contributed by atoms with van der Waals surface area (Å²) >= 11 is 0. The minimum Gasteiger partial charge on any atom is -0.453 e. The first-order valence-corrected chi connectivity index (χ1v) is 4.97. The van der Waals surface area contributed by atoms with Crippen LogP contribution in [0.2, 0.25) is 0 Å². The number of halogens is 6. The summed E-state index contributed by atoms with van der Waals surface area (Å²) in [6, 6.07) is 4.68. The Bertz CT molecular complexity index is 468. The monoisotopic (exact) mass is 286 g/mol. The maximum Gasteiger partial charge on any atom is 0.465 e. The quantitative estimate of drug-likeness (QED) is 0.626. The van der Waals surface area contributed by atoms with Gasteiger partial charge in [-0.1, -0.05) is 18.2 Å². The Balaban J connectivity index is 2.87. The lowest BCUT2D eigenvalue weighted by atomic mass is 10.1. The Morgan fingerprint density at radius 2 is 1.68 bits per heavy atom.